The molecule has 2 aromatic carbocycles. The Morgan fingerprint density at radius 2 is 1.91 bits per heavy atom. The van der Waals surface area contributed by atoms with E-state index in [4.69, 9.17) is 23.7 Å². The van der Waals surface area contributed by atoms with Gasteiger partial charge < -0.3 is 23.7 Å². The second-order valence-electron chi connectivity index (χ2n) is 6.12. The molecule has 0 unspecified atom stereocenters. The maximum Gasteiger partial charge on any atom is 0.339 e. The van der Waals surface area contributed by atoms with Gasteiger partial charge in [-0.2, -0.15) is 15.2 Å². The number of esters is 1. The molecule has 0 N–H and O–H groups in total. The first-order chi connectivity index (χ1) is 15.6. The highest BCUT2D eigenvalue weighted by atomic mass is 16.6. The van der Waals surface area contributed by atoms with Crippen LogP contribution in [0.25, 0.3) is 0 Å². The van der Waals surface area contributed by atoms with E-state index in [1.165, 1.54) is 26.8 Å². The highest BCUT2D eigenvalue weighted by molar-refractivity contribution is 5.84. The molecule has 9 heteroatoms. The van der Waals surface area contributed by atoms with Crippen molar-refractivity contribution in [1.82, 2.24) is 9.97 Å². The molecule has 0 saturated carbocycles. The van der Waals surface area contributed by atoms with Gasteiger partial charge in [-0.1, -0.05) is 24.3 Å². The van der Waals surface area contributed by atoms with Crippen LogP contribution in [0.1, 0.15) is 11.1 Å². The number of rotatable bonds is 9. The summed E-state index contributed by atoms with van der Waals surface area (Å²) in [5.74, 6) is 0.129. The first-order valence-electron chi connectivity index (χ1n) is 9.33. The van der Waals surface area contributed by atoms with Gasteiger partial charge in [-0.3, -0.25) is 0 Å². The fraction of sp³-hybridized carbons (Fsp3) is 0.130. The van der Waals surface area contributed by atoms with Gasteiger partial charge in [0.15, 0.2) is 0 Å². The van der Waals surface area contributed by atoms with Crippen molar-refractivity contribution in [2.45, 2.75) is 6.61 Å². The van der Waals surface area contributed by atoms with Gasteiger partial charge in [-0.15, -0.1) is 0 Å². The van der Waals surface area contributed by atoms with Crippen LogP contribution in [0.5, 0.6) is 29.0 Å². The fourth-order valence-electron chi connectivity index (χ4n) is 2.56. The topological polar surface area (TPSA) is 113 Å². The molecule has 162 valence electrons. The molecule has 0 saturated heterocycles. The SMILES string of the molecule is COC=CC(=O)Oc1c(OC)ncnc1Oc1cccc(COc2ccccc2C#N)c1. The molecule has 0 radical (unpaired) electrons. The van der Waals surface area contributed by atoms with Crippen molar-refractivity contribution in [2.24, 2.45) is 0 Å². The average Bonchev–Trinajstić information content (AvgIpc) is 2.83. The van der Waals surface area contributed by atoms with E-state index in [2.05, 4.69) is 16.0 Å². The van der Waals surface area contributed by atoms with Crippen LogP contribution in [0.2, 0.25) is 0 Å². The van der Waals surface area contributed by atoms with E-state index >= 15 is 0 Å². The fourth-order valence-corrected chi connectivity index (χ4v) is 2.56. The predicted molar refractivity (Wildman–Crippen MR) is 112 cm³/mol. The van der Waals surface area contributed by atoms with Crippen LogP contribution < -0.4 is 18.9 Å². The summed E-state index contributed by atoms with van der Waals surface area (Å²) in [7, 11) is 2.78. The lowest BCUT2D eigenvalue weighted by atomic mass is 10.2. The summed E-state index contributed by atoms with van der Waals surface area (Å²) in [6.07, 6.45) is 3.49. The second-order valence-corrected chi connectivity index (χ2v) is 6.12. The summed E-state index contributed by atoms with van der Waals surface area (Å²) in [5.41, 5.74) is 1.24. The third kappa shape index (κ3) is 5.73. The highest BCUT2D eigenvalue weighted by Crippen LogP contribution is 2.36. The van der Waals surface area contributed by atoms with Crippen LogP contribution in [0.15, 0.2) is 67.2 Å². The molecule has 0 aliphatic rings. The van der Waals surface area contributed by atoms with Crippen molar-refractivity contribution < 1.29 is 28.5 Å². The Hall–Kier alpha value is -4.58. The summed E-state index contributed by atoms with van der Waals surface area (Å²) in [5, 5.41) is 9.18. The number of nitriles is 1. The Kier molecular flexibility index (Phi) is 7.59. The molecule has 0 aliphatic carbocycles. The smallest absolute Gasteiger partial charge is 0.339 e. The number of hydrogen-bond acceptors (Lipinski definition) is 9. The standard InChI is InChI=1S/C23H19N3O6/c1-28-11-10-20(27)32-21-22(29-2)25-15-26-23(21)31-18-8-5-6-16(12-18)14-30-19-9-4-3-7-17(19)13-24/h3-12,15H,14H2,1-2H3. The number of carbonyl (C=O) groups excluding carboxylic acids is 1. The maximum absolute atomic E-state index is 12.0. The molecular weight excluding hydrogens is 414 g/mol. The van der Waals surface area contributed by atoms with Crippen molar-refractivity contribution in [3.05, 3.63) is 78.3 Å². The zero-order valence-corrected chi connectivity index (χ0v) is 17.3. The summed E-state index contributed by atoms with van der Waals surface area (Å²) in [6, 6.07) is 16.1. The van der Waals surface area contributed by atoms with E-state index in [-0.39, 0.29) is 24.1 Å². The molecule has 1 heterocycles. The van der Waals surface area contributed by atoms with Crippen LogP contribution in [-0.4, -0.2) is 30.2 Å². The van der Waals surface area contributed by atoms with Crippen molar-refractivity contribution in [3.63, 3.8) is 0 Å². The first kappa shape index (κ1) is 22.1. The van der Waals surface area contributed by atoms with Gasteiger partial charge in [0.2, 0.25) is 0 Å². The van der Waals surface area contributed by atoms with E-state index in [1.54, 1.807) is 42.5 Å². The quantitative estimate of drug-likeness (QED) is 0.282. The number of carbonyl (C=O) groups is 1. The number of nitrogens with zero attached hydrogens (tertiary/aromatic N) is 3. The summed E-state index contributed by atoms with van der Waals surface area (Å²) in [6.45, 7) is 0.215. The Labute approximate surface area is 184 Å². The molecule has 3 aromatic rings. The van der Waals surface area contributed by atoms with Crippen molar-refractivity contribution in [1.29, 1.82) is 5.26 Å². The van der Waals surface area contributed by atoms with Crippen molar-refractivity contribution in [3.8, 4) is 35.1 Å². The molecule has 0 amide bonds. The van der Waals surface area contributed by atoms with Crippen LogP contribution in [0, 0.1) is 11.3 Å². The molecule has 0 aliphatic heterocycles. The monoisotopic (exact) mass is 433 g/mol. The Balaban J connectivity index is 1.78. The molecule has 1 aromatic heterocycles. The van der Waals surface area contributed by atoms with E-state index in [1.807, 2.05) is 6.07 Å². The van der Waals surface area contributed by atoms with Gasteiger partial charge in [0.25, 0.3) is 17.5 Å². The lowest BCUT2D eigenvalue weighted by molar-refractivity contribution is -0.129. The van der Waals surface area contributed by atoms with Gasteiger partial charge in [0.1, 0.15) is 30.5 Å². The van der Waals surface area contributed by atoms with Gasteiger partial charge >= 0.3 is 5.97 Å². The van der Waals surface area contributed by atoms with E-state index < -0.39 is 5.97 Å². The largest absolute Gasteiger partial charge is 0.504 e. The number of benzene rings is 2. The highest BCUT2D eigenvalue weighted by Gasteiger charge is 2.19. The Bertz CT molecular complexity index is 1160. The third-order valence-electron chi connectivity index (χ3n) is 3.99. The Morgan fingerprint density at radius 1 is 1.09 bits per heavy atom. The van der Waals surface area contributed by atoms with Gasteiger partial charge in [-0.05, 0) is 29.8 Å². The normalized spacial score (nSPS) is 10.3. The molecule has 0 bridgehead atoms. The maximum atomic E-state index is 12.0. The van der Waals surface area contributed by atoms with E-state index in [0.29, 0.717) is 17.1 Å². The number of ether oxygens (including phenoxy) is 5. The molecule has 0 spiro atoms. The van der Waals surface area contributed by atoms with Gasteiger partial charge in [-0.25, -0.2) is 4.79 Å². The number of aromatic nitrogens is 2. The zero-order chi connectivity index (χ0) is 22.8. The van der Waals surface area contributed by atoms with E-state index in [9.17, 15) is 10.1 Å². The van der Waals surface area contributed by atoms with Crippen LogP contribution in [0.3, 0.4) is 0 Å². The summed E-state index contributed by atoms with van der Waals surface area (Å²) in [4.78, 5) is 20.0. The zero-order valence-electron chi connectivity index (χ0n) is 17.3. The minimum atomic E-state index is -0.719. The number of hydrogen-bond donors (Lipinski definition) is 0. The molecule has 9 nitrogen and oxygen atoms in total. The van der Waals surface area contributed by atoms with Crippen LogP contribution >= 0.6 is 0 Å². The van der Waals surface area contributed by atoms with Crippen LogP contribution in [-0.2, 0) is 16.1 Å². The van der Waals surface area contributed by atoms with E-state index in [0.717, 1.165) is 11.6 Å². The molecule has 0 atom stereocenters. The molecule has 32 heavy (non-hydrogen) atoms. The summed E-state index contributed by atoms with van der Waals surface area (Å²) >= 11 is 0. The van der Waals surface area contributed by atoms with Gasteiger partial charge in [0, 0.05) is 0 Å². The van der Waals surface area contributed by atoms with Crippen molar-refractivity contribution in [2.75, 3.05) is 14.2 Å². The minimum absolute atomic E-state index is 0.0103. The van der Waals surface area contributed by atoms with Gasteiger partial charge in [0.05, 0.1) is 32.1 Å². The lowest BCUT2D eigenvalue weighted by Gasteiger charge is -2.12. The lowest BCUT2D eigenvalue weighted by Crippen LogP contribution is -2.08. The Morgan fingerprint density at radius 3 is 2.69 bits per heavy atom. The number of para-hydroxylation sites is 1. The minimum Gasteiger partial charge on any atom is -0.504 e. The molecule has 0 fully saturated rings. The number of methoxy groups -OCH3 is 2. The third-order valence-corrected chi connectivity index (χ3v) is 3.99. The van der Waals surface area contributed by atoms with Crippen LogP contribution in [0.4, 0.5) is 0 Å². The molecule has 3 rings (SSSR count). The summed E-state index contributed by atoms with van der Waals surface area (Å²) < 4.78 is 26.7. The second kappa shape index (κ2) is 11.0. The molecular formula is C23H19N3O6. The first-order valence-corrected chi connectivity index (χ1v) is 9.33. The average molecular weight is 433 g/mol. The van der Waals surface area contributed by atoms with Crippen molar-refractivity contribution >= 4 is 5.97 Å². The predicted octanol–water partition coefficient (Wildman–Crippen LogP) is 3.79.